The lowest BCUT2D eigenvalue weighted by atomic mass is 10.2. The van der Waals surface area contributed by atoms with Crippen LogP contribution in [0.4, 0.5) is 0 Å². The Morgan fingerprint density at radius 2 is 1.91 bits per heavy atom. The molecule has 0 aromatic heterocycles. The standard InChI is InChI=1S/C15H20ClO5P/c1-3-20-22(18,21-4-2)11-6-5-10-19-14-9-7-8-13(12-14)15(16)17/h5-9,12H,3-4,10-11H2,1-2H3. The molecule has 0 aliphatic heterocycles. The Hall–Kier alpha value is -1.13. The zero-order chi connectivity index (χ0) is 16.4. The van der Waals surface area contributed by atoms with E-state index in [4.69, 9.17) is 25.4 Å². The summed E-state index contributed by atoms with van der Waals surface area (Å²) in [6, 6.07) is 6.59. The average Bonchev–Trinajstić information content (AvgIpc) is 2.47. The summed E-state index contributed by atoms with van der Waals surface area (Å²) >= 11 is 5.40. The molecule has 0 bridgehead atoms. The number of benzene rings is 1. The minimum absolute atomic E-state index is 0.193. The van der Waals surface area contributed by atoms with Gasteiger partial charge in [-0.05, 0) is 43.6 Å². The third kappa shape index (κ3) is 6.75. The van der Waals surface area contributed by atoms with Gasteiger partial charge in [0.1, 0.15) is 12.4 Å². The summed E-state index contributed by atoms with van der Waals surface area (Å²) in [7, 11) is -3.06. The largest absolute Gasteiger partial charge is 0.490 e. The van der Waals surface area contributed by atoms with Gasteiger partial charge in [-0.1, -0.05) is 18.2 Å². The van der Waals surface area contributed by atoms with Gasteiger partial charge in [-0.15, -0.1) is 0 Å². The lowest BCUT2D eigenvalue weighted by molar-refractivity contribution is 0.108. The normalized spacial score (nSPS) is 11.8. The SMILES string of the molecule is CCOP(=O)(CC=CCOc1cccc(C(=O)Cl)c1)OCC. The molecule has 0 aliphatic carbocycles. The Bertz CT molecular complexity index is 549. The van der Waals surface area contributed by atoms with Crippen LogP contribution in [-0.4, -0.2) is 31.2 Å². The highest BCUT2D eigenvalue weighted by molar-refractivity contribution is 7.54. The van der Waals surface area contributed by atoms with Crippen LogP contribution in [0.15, 0.2) is 36.4 Å². The second-order valence-electron chi connectivity index (χ2n) is 4.21. The van der Waals surface area contributed by atoms with Crippen molar-refractivity contribution in [1.29, 1.82) is 0 Å². The molecule has 0 atom stereocenters. The number of allylic oxidation sites excluding steroid dienone is 1. The zero-order valence-corrected chi connectivity index (χ0v) is 14.3. The predicted octanol–water partition coefficient (Wildman–Crippen LogP) is 4.27. The highest BCUT2D eigenvalue weighted by Gasteiger charge is 2.20. The van der Waals surface area contributed by atoms with Crippen LogP contribution in [0.1, 0.15) is 24.2 Å². The van der Waals surface area contributed by atoms with Crippen molar-refractivity contribution in [1.82, 2.24) is 0 Å². The van der Waals surface area contributed by atoms with E-state index in [2.05, 4.69) is 0 Å². The molecule has 0 unspecified atom stereocenters. The molecule has 0 saturated heterocycles. The van der Waals surface area contributed by atoms with Crippen LogP contribution in [0.25, 0.3) is 0 Å². The first kappa shape index (κ1) is 18.9. The Morgan fingerprint density at radius 1 is 1.23 bits per heavy atom. The van der Waals surface area contributed by atoms with E-state index in [0.717, 1.165) is 0 Å². The minimum atomic E-state index is -3.06. The van der Waals surface area contributed by atoms with Gasteiger partial charge in [0.05, 0.1) is 19.4 Å². The molecular formula is C15H20ClO5P. The van der Waals surface area contributed by atoms with Crippen LogP contribution >= 0.6 is 19.2 Å². The van der Waals surface area contributed by atoms with Crippen molar-refractivity contribution in [2.75, 3.05) is 26.0 Å². The topological polar surface area (TPSA) is 61.8 Å². The van der Waals surface area contributed by atoms with Crippen LogP contribution in [0.5, 0.6) is 5.75 Å². The number of hydrogen-bond acceptors (Lipinski definition) is 5. The summed E-state index contributed by atoms with van der Waals surface area (Å²) in [4.78, 5) is 11.0. The van der Waals surface area contributed by atoms with Crippen LogP contribution in [0.2, 0.25) is 0 Å². The van der Waals surface area contributed by atoms with Crippen molar-refractivity contribution < 1.29 is 23.1 Å². The molecule has 0 amide bonds. The molecule has 22 heavy (non-hydrogen) atoms. The molecule has 1 aromatic rings. The van der Waals surface area contributed by atoms with Crippen LogP contribution in [0.3, 0.4) is 0 Å². The molecule has 122 valence electrons. The summed E-state index contributed by atoms with van der Waals surface area (Å²) in [6.45, 7) is 4.48. The van der Waals surface area contributed by atoms with E-state index in [1.54, 1.807) is 50.3 Å². The second kappa shape index (κ2) is 9.80. The summed E-state index contributed by atoms with van der Waals surface area (Å²) < 4.78 is 28.0. The first-order valence-corrected chi connectivity index (χ1v) is 9.07. The van der Waals surface area contributed by atoms with Gasteiger partial charge in [-0.25, -0.2) is 0 Å². The fraction of sp³-hybridized carbons (Fsp3) is 0.400. The molecule has 0 N–H and O–H groups in total. The molecule has 5 nitrogen and oxygen atoms in total. The Labute approximate surface area is 135 Å². The highest BCUT2D eigenvalue weighted by Crippen LogP contribution is 2.47. The van der Waals surface area contributed by atoms with E-state index in [0.29, 0.717) is 24.5 Å². The molecule has 1 rings (SSSR count). The lowest BCUT2D eigenvalue weighted by Gasteiger charge is -2.14. The van der Waals surface area contributed by atoms with Gasteiger partial charge >= 0.3 is 7.60 Å². The van der Waals surface area contributed by atoms with Crippen molar-refractivity contribution in [3.8, 4) is 5.75 Å². The van der Waals surface area contributed by atoms with E-state index in [-0.39, 0.29) is 12.8 Å². The number of ether oxygens (including phenoxy) is 1. The fourth-order valence-electron chi connectivity index (χ4n) is 1.66. The van der Waals surface area contributed by atoms with Gasteiger partial charge in [-0.3, -0.25) is 9.36 Å². The molecule has 1 aromatic carbocycles. The highest BCUT2D eigenvalue weighted by atomic mass is 35.5. The molecule has 0 fully saturated rings. The number of carbonyl (C=O) groups excluding carboxylic acids is 1. The fourth-order valence-corrected chi connectivity index (χ4v) is 3.26. The Kier molecular flexibility index (Phi) is 8.43. The number of rotatable bonds is 10. The van der Waals surface area contributed by atoms with Crippen molar-refractivity contribution in [3.63, 3.8) is 0 Å². The number of halogens is 1. The molecule has 0 aliphatic rings. The lowest BCUT2D eigenvalue weighted by Crippen LogP contribution is -1.99. The second-order valence-corrected chi connectivity index (χ2v) is 6.66. The van der Waals surface area contributed by atoms with Gasteiger partial charge in [0.25, 0.3) is 5.24 Å². The van der Waals surface area contributed by atoms with Gasteiger partial charge in [0.2, 0.25) is 0 Å². The smallest absolute Gasteiger partial charge is 0.334 e. The summed E-state index contributed by atoms with van der Waals surface area (Å²) in [6.07, 6.45) is 3.61. The van der Waals surface area contributed by atoms with Gasteiger partial charge in [-0.2, -0.15) is 0 Å². The van der Waals surface area contributed by atoms with Crippen LogP contribution in [-0.2, 0) is 13.6 Å². The number of carbonyl (C=O) groups is 1. The van der Waals surface area contributed by atoms with Gasteiger partial charge in [0, 0.05) is 5.56 Å². The quantitative estimate of drug-likeness (QED) is 0.360. The van der Waals surface area contributed by atoms with Crippen molar-refractivity contribution >= 4 is 24.4 Å². The van der Waals surface area contributed by atoms with E-state index in [9.17, 15) is 9.36 Å². The summed E-state index contributed by atoms with van der Waals surface area (Å²) in [5.74, 6) is 0.536. The van der Waals surface area contributed by atoms with Crippen LogP contribution in [0, 0.1) is 0 Å². The maximum Gasteiger partial charge on any atom is 0.334 e. The van der Waals surface area contributed by atoms with Crippen molar-refractivity contribution in [3.05, 3.63) is 42.0 Å². The summed E-state index contributed by atoms with van der Waals surface area (Å²) in [5.41, 5.74) is 0.375. The molecule has 0 spiro atoms. The minimum Gasteiger partial charge on any atom is -0.490 e. The van der Waals surface area contributed by atoms with Gasteiger partial charge < -0.3 is 13.8 Å². The van der Waals surface area contributed by atoms with E-state index < -0.39 is 12.8 Å². The summed E-state index contributed by atoms with van der Waals surface area (Å²) in [5, 5.41) is -0.532. The molecule has 7 heteroatoms. The molecule has 0 heterocycles. The molecule has 0 saturated carbocycles. The van der Waals surface area contributed by atoms with Crippen LogP contribution < -0.4 is 4.74 Å². The first-order chi connectivity index (χ1) is 10.5. The van der Waals surface area contributed by atoms with Gasteiger partial charge in [0.15, 0.2) is 0 Å². The average molecular weight is 347 g/mol. The third-order valence-electron chi connectivity index (χ3n) is 2.55. The Balaban J connectivity index is 2.47. The molecule has 0 radical (unpaired) electrons. The zero-order valence-electron chi connectivity index (χ0n) is 12.7. The van der Waals surface area contributed by atoms with Crippen molar-refractivity contribution in [2.24, 2.45) is 0 Å². The molecular weight excluding hydrogens is 327 g/mol. The van der Waals surface area contributed by atoms with E-state index in [1.165, 1.54) is 0 Å². The maximum atomic E-state index is 12.2. The third-order valence-corrected chi connectivity index (χ3v) is 4.73. The maximum absolute atomic E-state index is 12.2. The van der Waals surface area contributed by atoms with Crippen molar-refractivity contribution in [2.45, 2.75) is 13.8 Å². The monoisotopic (exact) mass is 346 g/mol. The first-order valence-electron chi connectivity index (χ1n) is 6.96. The van der Waals surface area contributed by atoms with E-state index >= 15 is 0 Å². The Morgan fingerprint density at radius 3 is 2.50 bits per heavy atom. The van der Waals surface area contributed by atoms with E-state index in [1.807, 2.05) is 0 Å². The number of hydrogen-bond donors (Lipinski definition) is 0. The predicted molar refractivity (Wildman–Crippen MR) is 87.0 cm³/mol.